The number of nitrogens with zero attached hydrogens (tertiary/aromatic N) is 1. The van der Waals surface area contributed by atoms with Crippen LogP contribution in [0.5, 0.6) is 5.75 Å². The lowest BCUT2D eigenvalue weighted by Crippen LogP contribution is -2.08. The molecule has 4 heteroatoms. The van der Waals surface area contributed by atoms with Gasteiger partial charge in [-0.1, -0.05) is 0 Å². The second-order valence-electron chi connectivity index (χ2n) is 4.41. The molecule has 2 aromatic carbocycles. The zero-order chi connectivity index (χ0) is 13.8. The summed E-state index contributed by atoms with van der Waals surface area (Å²) < 4.78 is 18.7. The summed E-state index contributed by atoms with van der Waals surface area (Å²) in [4.78, 5) is 2.01. The van der Waals surface area contributed by atoms with Crippen LogP contribution in [0, 0.1) is 5.82 Å². The first-order chi connectivity index (χ1) is 9.10. The Kier molecular flexibility index (Phi) is 3.90. The normalized spacial score (nSPS) is 10.1. The fourth-order valence-corrected chi connectivity index (χ4v) is 1.72. The van der Waals surface area contributed by atoms with Gasteiger partial charge in [-0.25, -0.2) is 4.39 Å². The second kappa shape index (κ2) is 5.61. The minimum absolute atomic E-state index is 0.337. The molecule has 0 aliphatic heterocycles. The van der Waals surface area contributed by atoms with Crippen molar-refractivity contribution >= 4 is 17.1 Å². The highest BCUT2D eigenvalue weighted by molar-refractivity contribution is 5.63. The Bertz CT molecular complexity index is 553. The molecule has 0 aliphatic rings. The van der Waals surface area contributed by atoms with Crippen LogP contribution in [0.2, 0.25) is 0 Å². The van der Waals surface area contributed by atoms with Crippen molar-refractivity contribution in [2.45, 2.75) is 0 Å². The van der Waals surface area contributed by atoms with Crippen LogP contribution in [0.15, 0.2) is 42.5 Å². The number of hydrogen-bond acceptors (Lipinski definition) is 3. The molecular weight excluding hydrogens is 243 g/mol. The van der Waals surface area contributed by atoms with Crippen molar-refractivity contribution in [3.05, 3.63) is 48.3 Å². The maximum atomic E-state index is 13.8. The smallest absolute Gasteiger partial charge is 0.150 e. The zero-order valence-corrected chi connectivity index (χ0v) is 11.3. The third-order valence-electron chi connectivity index (χ3n) is 2.84. The largest absolute Gasteiger partial charge is 0.497 e. The van der Waals surface area contributed by atoms with Gasteiger partial charge >= 0.3 is 0 Å². The van der Waals surface area contributed by atoms with Crippen molar-refractivity contribution in [2.24, 2.45) is 0 Å². The van der Waals surface area contributed by atoms with Crippen LogP contribution in [0.1, 0.15) is 0 Å². The van der Waals surface area contributed by atoms with Gasteiger partial charge in [-0.3, -0.25) is 0 Å². The molecule has 0 fully saturated rings. The maximum absolute atomic E-state index is 13.8. The van der Waals surface area contributed by atoms with Crippen LogP contribution < -0.4 is 15.0 Å². The Balaban J connectivity index is 2.16. The average molecular weight is 260 g/mol. The third kappa shape index (κ3) is 3.16. The Labute approximate surface area is 112 Å². The number of methoxy groups -OCH3 is 1. The fourth-order valence-electron chi connectivity index (χ4n) is 1.72. The van der Waals surface area contributed by atoms with Crippen LogP contribution in [-0.2, 0) is 0 Å². The van der Waals surface area contributed by atoms with Crippen molar-refractivity contribution in [1.82, 2.24) is 0 Å². The van der Waals surface area contributed by atoms with Crippen LogP contribution in [-0.4, -0.2) is 21.2 Å². The second-order valence-corrected chi connectivity index (χ2v) is 4.41. The predicted octanol–water partition coefficient (Wildman–Crippen LogP) is 3.64. The van der Waals surface area contributed by atoms with E-state index in [4.69, 9.17) is 4.74 Å². The molecule has 0 saturated carbocycles. The molecule has 0 saturated heterocycles. The standard InChI is InChI=1S/C15H17FN2O/c1-18(2)12-6-4-11(5-7-12)17-15-9-8-13(19-3)10-14(15)16/h4-10,17H,1-3H3. The van der Waals surface area contributed by atoms with Gasteiger partial charge in [-0.05, 0) is 36.4 Å². The van der Waals surface area contributed by atoms with Crippen molar-refractivity contribution in [2.75, 3.05) is 31.4 Å². The van der Waals surface area contributed by atoms with Gasteiger partial charge in [0.05, 0.1) is 12.8 Å². The van der Waals surface area contributed by atoms with Gasteiger partial charge in [0.2, 0.25) is 0 Å². The lowest BCUT2D eigenvalue weighted by molar-refractivity contribution is 0.411. The van der Waals surface area contributed by atoms with Gasteiger partial charge in [0.1, 0.15) is 11.6 Å². The van der Waals surface area contributed by atoms with E-state index in [2.05, 4.69) is 5.32 Å². The molecule has 2 rings (SSSR count). The minimum atomic E-state index is -0.337. The molecule has 0 aliphatic carbocycles. The summed E-state index contributed by atoms with van der Waals surface area (Å²) in [6, 6.07) is 12.5. The first kappa shape index (κ1) is 13.2. The number of hydrogen-bond donors (Lipinski definition) is 1. The van der Waals surface area contributed by atoms with Gasteiger partial charge in [-0.15, -0.1) is 0 Å². The number of rotatable bonds is 4. The van der Waals surface area contributed by atoms with E-state index in [1.165, 1.54) is 13.2 Å². The molecule has 0 bridgehead atoms. The van der Waals surface area contributed by atoms with E-state index < -0.39 is 0 Å². The fraction of sp³-hybridized carbons (Fsp3) is 0.200. The van der Waals surface area contributed by atoms with Crippen molar-refractivity contribution in [3.63, 3.8) is 0 Å². The summed E-state index contributed by atoms with van der Waals surface area (Å²) in [6.45, 7) is 0. The summed E-state index contributed by atoms with van der Waals surface area (Å²) in [5.41, 5.74) is 2.37. The quantitative estimate of drug-likeness (QED) is 0.908. The maximum Gasteiger partial charge on any atom is 0.150 e. The molecule has 0 aromatic heterocycles. The van der Waals surface area contributed by atoms with Crippen molar-refractivity contribution in [1.29, 1.82) is 0 Å². The minimum Gasteiger partial charge on any atom is -0.497 e. The molecule has 0 unspecified atom stereocenters. The topological polar surface area (TPSA) is 24.5 Å². The van der Waals surface area contributed by atoms with Crippen molar-refractivity contribution in [3.8, 4) is 5.75 Å². The van der Waals surface area contributed by atoms with Crippen LogP contribution in [0.3, 0.4) is 0 Å². The molecule has 2 aromatic rings. The highest BCUT2D eigenvalue weighted by atomic mass is 19.1. The van der Waals surface area contributed by atoms with Gasteiger partial charge < -0.3 is 15.0 Å². The van der Waals surface area contributed by atoms with Gasteiger partial charge in [-0.2, -0.15) is 0 Å². The summed E-state index contributed by atoms with van der Waals surface area (Å²) in [5, 5.41) is 3.04. The monoisotopic (exact) mass is 260 g/mol. The molecule has 3 nitrogen and oxygen atoms in total. The van der Waals surface area contributed by atoms with E-state index in [1.807, 2.05) is 43.3 Å². The summed E-state index contributed by atoms with van der Waals surface area (Å²) in [5.74, 6) is 0.169. The lowest BCUT2D eigenvalue weighted by Gasteiger charge is -2.14. The molecule has 1 N–H and O–H groups in total. The third-order valence-corrected chi connectivity index (χ3v) is 2.84. The van der Waals surface area contributed by atoms with Crippen LogP contribution in [0.25, 0.3) is 0 Å². The first-order valence-electron chi connectivity index (χ1n) is 5.98. The molecule has 100 valence electrons. The number of nitrogens with one attached hydrogen (secondary N) is 1. The highest BCUT2D eigenvalue weighted by Crippen LogP contribution is 2.25. The molecule has 19 heavy (non-hydrogen) atoms. The predicted molar refractivity (Wildman–Crippen MR) is 77.0 cm³/mol. The van der Waals surface area contributed by atoms with Crippen LogP contribution >= 0.6 is 0 Å². The van der Waals surface area contributed by atoms with Crippen LogP contribution in [0.4, 0.5) is 21.5 Å². The van der Waals surface area contributed by atoms with E-state index in [-0.39, 0.29) is 5.82 Å². The zero-order valence-electron chi connectivity index (χ0n) is 11.3. The number of anilines is 3. The average Bonchev–Trinajstić information content (AvgIpc) is 2.41. The first-order valence-corrected chi connectivity index (χ1v) is 5.98. The van der Waals surface area contributed by atoms with E-state index in [1.54, 1.807) is 12.1 Å². The summed E-state index contributed by atoms with van der Waals surface area (Å²) in [6.07, 6.45) is 0. The van der Waals surface area contributed by atoms with Gasteiger partial charge in [0.25, 0.3) is 0 Å². The molecule has 0 spiro atoms. The molecule has 0 atom stereocenters. The Morgan fingerprint density at radius 1 is 1.05 bits per heavy atom. The summed E-state index contributed by atoms with van der Waals surface area (Å²) >= 11 is 0. The SMILES string of the molecule is COc1ccc(Nc2ccc(N(C)C)cc2)c(F)c1. The number of halogens is 1. The number of ether oxygens (including phenoxy) is 1. The van der Waals surface area contributed by atoms with Gasteiger partial charge in [0.15, 0.2) is 0 Å². The molecule has 0 amide bonds. The van der Waals surface area contributed by atoms with E-state index in [0.717, 1.165) is 11.4 Å². The van der Waals surface area contributed by atoms with Crippen molar-refractivity contribution < 1.29 is 9.13 Å². The Morgan fingerprint density at radius 3 is 2.26 bits per heavy atom. The van der Waals surface area contributed by atoms with E-state index in [0.29, 0.717) is 11.4 Å². The highest BCUT2D eigenvalue weighted by Gasteiger charge is 2.04. The van der Waals surface area contributed by atoms with E-state index in [9.17, 15) is 4.39 Å². The van der Waals surface area contributed by atoms with Gasteiger partial charge in [0, 0.05) is 31.5 Å². The van der Waals surface area contributed by atoms with E-state index >= 15 is 0 Å². The lowest BCUT2D eigenvalue weighted by atomic mass is 10.2. The Hall–Kier alpha value is -2.23. The number of benzene rings is 2. The Morgan fingerprint density at radius 2 is 1.74 bits per heavy atom. The molecular formula is C15H17FN2O. The molecule has 0 radical (unpaired) electrons. The molecule has 0 heterocycles. The summed E-state index contributed by atoms with van der Waals surface area (Å²) in [7, 11) is 5.47.